The fraction of sp³-hybridized carbons (Fsp3) is 0.286. The lowest BCUT2D eigenvalue weighted by Crippen LogP contribution is -2.45. The second-order valence-electron chi connectivity index (χ2n) is 10.7. The Kier molecular flexibility index (Phi) is 13.2. The molecule has 14 heteroatoms. The average molecular weight is 714 g/mol. The maximum absolute atomic E-state index is 12.5. The third-order valence-electron chi connectivity index (χ3n) is 7.21. The summed E-state index contributed by atoms with van der Waals surface area (Å²) in [6.45, 7) is 7.66. The van der Waals surface area contributed by atoms with Gasteiger partial charge in [-0.05, 0) is 73.4 Å². The van der Waals surface area contributed by atoms with E-state index in [1.54, 1.807) is 56.5 Å². The Morgan fingerprint density at radius 3 is 2.55 bits per heavy atom. The number of ether oxygens (including phenoxy) is 5. The molecule has 4 N–H and O–H groups in total. The van der Waals surface area contributed by atoms with E-state index in [9.17, 15) is 14.7 Å². The first-order valence-electron chi connectivity index (χ1n) is 15.2. The van der Waals surface area contributed by atoms with Crippen LogP contribution in [0.3, 0.4) is 0 Å². The third kappa shape index (κ3) is 9.59. The molecule has 0 spiro atoms. The number of allylic oxidation sites excluding steroid dienone is 2. The van der Waals surface area contributed by atoms with Gasteiger partial charge in [0.2, 0.25) is 0 Å². The SMILES string of the molecule is C=CCc1cc(/C=N\N[C@@H](O)COc2ccc([C@H]3NC(=O)NC(C)=C3C(=O)OC)cc2OCC)cc(OC)c1OCc1ccc(Cl)c(Cl)c1. The molecule has 12 nitrogen and oxygen atoms in total. The lowest BCUT2D eigenvalue weighted by atomic mass is 9.95. The molecule has 2 amide bonds. The van der Waals surface area contributed by atoms with Crippen LogP contribution >= 0.6 is 23.2 Å². The lowest BCUT2D eigenvalue weighted by Gasteiger charge is -2.28. The van der Waals surface area contributed by atoms with Gasteiger partial charge in [-0.2, -0.15) is 5.10 Å². The first kappa shape index (κ1) is 36.9. The van der Waals surface area contributed by atoms with Crippen molar-refractivity contribution in [1.29, 1.82) is 0 Å². The second kappa shape index (κ2) is 17.5. The summed E-state index contributed by atoms with van der Waals surface area (Å²) in [6.07, 6.45) is 2.60. The highest BCUT2D eigenvalue weighted by Gasteiger charge is 2.32. The first-order chi connectivity index (χ1) is 23.6. The first-order valence-corrected chi connectivity index (χ1v) is 15.9. The van der Waals surface area contributed by atoms with Crippen LogP contribution in [0.4, 0.5) is 4.79 Å². The minimum atomic E-state index is -1.19. The van der Waals surface area contributed by atoms with Crippen LogP contribution in [-0.2, 0) is 22.6 Å². The van der Waals surface area contributed by atoms with E-state index in [0.29, 0.717) is 62.9 Å². The highest BCUT2D eigenvalue weighted by molar-refractivity contribution is 6.42. The van der Waals surface area contributed by atoms with Crippen LogP contribution in [0.25, 0.3) is 0 Å². The van der Waals surface area contributed by atoms with Gasteiger partial charge in [-0.3, -0.25) is 5.43 Å². The predicted molar refractivity (Wildman–Crippen MR) is 187 cm³/mol. The van der Waals surface area contributed by atoms with Crippen molar-refractivity contribution in [2.75, 3.05) is 27.4 Å². The molecule has 0 fully saturated rings. The molecule has 0 unspecified atom stereocenters. The number of hydrogen-bond donors (Lipinski definition) is 4. The summed E-state index contributed by atoms with van der Waals surface area (Å²) in [4.78, 5) is 24.7. The number of amides is 2. The Hall–Kier alpha value is -4.91. The summed E-state index contributed by atoms with van der Waals surface area (Å²) in [7, 11) is 2.81. The predicted octanol–water partition coefficient (Wildman–Crippen LogP) is 5.83. The van der Waals surface area contributed by atoms with Crippen LogP contribution in [0.2, 0.25) is 10.0 Å². The number of aliphatic hydroxyl groups excluding tert-OH is 1. The smallest absolute Gasteiger partial charge is 0.337 e. The molecule has 0 saturated heterocycles. The van der Waals surface area contributed by atoms with Gasteiger partial charge in [0, 0.05) is 11.3 Å². The van der Waals surface area contributed by atoms with Crippen LogP contribution < -0.4 is 35.0 Å². The minimum absolute atomic E-state index is 0.181. The number of halogens is 2. The van der Waals surface area contributed by atoms with Crippen LogP contribution in [0.5, 0.6) is 23.0 Å². The number of nitrogens with one attached hydrogen (secondary N) is 3. The van der Waals surface area contributed by atoms with Crippen molar-refractivity contribution in [3.8, 4) is 23.0 Å². The molecule has 0 radical (unpaired) electrons. The molecule has 3 aromatic carbocycles. The van der Waals surface area contributed by atoms with Crippen LogP contribution in [0.1, 0.15) is 42.1 Å². The maximum atomic E-state index is 12.5. The van der Waals surface area contributed by atoms with Crippen molar-refractivity contribution >= 4 is 41.4 Å². The van der Waals surface area contributed by atoms with E-state index in [1.807, 2.05) is 19.1 Å². The number of aliphatic hydroxyl groups is 1. The molecule has 260 valence electrons. The molecule has 4 rings (SSSR count). The molecule has 1 aliphatic heterocycles. The number of benzene rings is 3. The van der Waals surface area contributed by atoms with Crippen molar-refractivity contribution in [3.05, 3.63) is 105 Å². The summed E-state index contributed by atoms with van der Waals surface area (Å²) in [5, 5.41) is 21.0. The molecule has 49 heavy (non-hydrogen) atoms. The van der Waals surface area contributed by atoms with E-state index >= 15 is 0 Å². The summed E-state index contributed by atoms with van der Waals surface area (Å²) >= 11 is 12.2. The standard InChI is InChI=1S/C35H38Cl2N4O8/c1-6-8-24-13-22(15-29(45-4)33(24)49-18-21-9-11-25(36)26(37)14-21)17-38-41-30(42)19-48-27-12-10-23(16-28(27)47-7-2)32-31(34(43)46-5)20(3)39-35(44)40-32/h6,9-17,30,32,41-42H,1,7-8,18-19H2,2-5H3,(H2,39,40,44)/b38-17-/t30-,32+/m0/s1. The number of hydrogen-bond acceptors (Lipinski definition) is 10. The molecule has 0 saturated carbocycles. The fourth-order valence-electron chi connectivity index (χ4n) is 4.99. The van der Waals surface area contributed by atoms with Crippen molar-refractivity contribution in [2.24, 2.45) is 5.10 Å². The van der Waals surface area contributed by atoms with Gasteiger partial charge in [-0.25, -0.2) is 9.59 Å². The number of nitrogens with zero attached hydrogens (tertiary/aromatic N) is 1. The second-order valence-corrected chi connectivity index (χ2v) is 11.5. The van der Waals surface area contributed by atoms with Crippen LogP contribution in [0.15, 0.2) is 77.6 Å². The summed E-state index contributed by atoms with van der Waals surface area (Å²) in [5.74, 6) is 1.16. The average Bonchev–Trinajstić information content (AvgIpc) is 3.08. The highest BCUT2D eigenvalue weighted by Crippen LogP contribution is 2.36. The number of carbonyl (C=O) groups excluding carboxylic acids is 2. The molecule has 0 bridgehead atoms. The number of methoxy groups -OCH3 is 2. The summed E-state index contributed by atoms with van der Waals surface area (Å²) in [6, 6.07) is 12.7. The monoisotopic (exact) mass is 712 g/mol. The van der Waals surface area contributed by atoms with Crippen LogP contribution in [0, 0.1) is 0 Å². The van der Waals surface area contributed by atoms with Gasteiger partial charge in [-0.15, -0.1) is 6.58 Å². The number of carbonyl (C=O) groups is 2. The molecular formula is C35H38Cl2N4O8. The quantitative estimate of drug-likeness (QED) is 0.0473. The fourth-order valence-corrected chi connectivity index (χ4v) is 5.31. The van der Waals surface area contributed by atoms with Gasteiger partial charge in [0.15, 0.2) is 29.2 Å². The van der Waals surface area contributed by atoms with E-state index in [4.69, 9.17) is 46.9 Å². The number of rotatable bonds is 16. The van der Waals surface area contributed by atoms with Gasteiger partial charge >= 0.3 is 12.0 Å². The Morgan fingerprint density at radius 2 is 1.86 bits per heavy atom. The van der Waals surface area contributed by atoms with Crippen molar-refractivity contribution < 1.29 is 38.4 Å². The molecule has 1 heterocycles. The maximum Gasteiger partial charge on any atom is 0.337 e. The van der Waals surface area contributed by atoms with Gasteiger partial charge in [0.1, 0.15) is 13.2 Å². The van der Waals surface area contributed by atoms with E-state index in [2.05, 4.69) is 27.7 Å². The zero-order valence-corrected chi connectivity index (χ0v) is 29.0. The molecule has 0 aromatic heterocycles. The number of esters is 1. The lowest BCUT2D eigenvalue weighted by molar-refractivity contribution is -0.136. The van der Waals surface area contributed by atoms with E-state index < -0.39 is 24.3 Å². The molecule has 1 aliphatic rings. The van der Waals surface area contributed by atoms with Gasteiger partial charge in [0.05, 0.1) is 48.7 Å². The largest absolute Gasteiger partial charge is 0.493 e. The summed E-state index contributed by atoms with van der Waals surface area (Å²) < 4.78 is 28.3. The topological polar surface area (TPSA) is 149 Å². The number of urea groups is 1. The number of hydrazone groups is 1. The van der Waals surface area contributed by atoms with E-state index in [1.165, 1.54) is 13.3 Å². The molecule has 0 aliphatic carbocycles. The Morgan fingerprint density at radius 1 is 1.06 bits per heavy atom. The zero-order valence-electron chi connectivity index (χ0n) is 27.5. The van der Waals surface area contributed by atoms with Gasteiger partial charge < -0.3 is 39.4 Å². The van der Waals surface area contributed by atoms with Crippen LogP contribution in [-0.4, -0.2) is 57.0 Å². The minimum Gasteiger partial charge on any atom is -0.493 e. The normalized spacial score (nSPS) is 14.8. The molecule has 3 aromatic rings. The highest BCUT2D eigenvalue weighted by atomic mass is 35.5. The van der Waals surface area contributed by atoms with E-state index in [0.717, 1.165) is 11.1 Å². The Labute approximate surface area is 294 Å². The Bertz CT molecular complexity index is 1750. The zero-order chi connectivity index (χ0) is 35.5. The third-order valence-corrected chi connectivity index (χ3v) is 7.95. The summed E-state index contributed by atoms with van der Waals surface area (Å²) in [5.41, 5.74) is 6.20. The Balaban J connectivity index is 1.43. The van der Waals surface area contributed by atoms with Crippen molar-refractivity contribution in [3.63, 3.8) is 0 Å². The van der Waals surface area contributed by atoms with E-state index in [-0.39, 0.29) is 18.8 Å². The van der Waals surface area contributed by atoms with Crippen molar-refractivity contribution in [1.82, 2.24) is 16.1 Å². The van der Waals surface area contributed by atoms with Gasteiger partial charge in [0.25, 0.3) is 0 Å². The molecule has 2 atom stereocenters. The van der Waals surface area contributed by atoms with Gasteiger partial charge in [-0.1, -0.05) is 41.4 Å². The van der Waals surface area contributed by atoms with Crippen molar-refractivity contribution in [2.45, 2.75) is 39.1 Å². The molecular weight excluding hydrogens is 675 g/mol.